The van der Waals surface area contributed by atoms with Crippen molar-refractivity contribution in [2.24, 2.45) is 5.92 Å². The summed E-state index contributed by atoms with van der Waals surface area (Å²) >= 11 is 1.49. The van der Waals surface area contributed by atoms with Gasteiger partial charge in [0.05, 0.1) is 25.1 Å². The lowest BCUT2D eigenvalue weighted by atomic mass is 9.95. The molecule has 150 valence electrons. The molecule has 1 aliphatic rings. The summed E-state index contributed by atoms with van der Waals surface area (Å²) in [6.45, 7) is 6.08. The van der Waals surface area contributed by atoms with E-state index in [1.54, 1.807) is 14.2 Å². The van der Waals surface area contributed by atoms with Crippen LogP contribution in [0.1, 0.15) is 42.1 Å². The molecule has 0 unspecified atom stereocenters. The average Bonchev–Trinajstić information content (AvgIpc) is 3.21. The zero-order valence-corrected chi connectivity index (χ0v) is 17.5. The van der Waals surface area contributed by atoms with Crippen LogP contribution in [0, 0.1) is 12.8 Å². The molecule has 0 spiro atoms. The molecular formula is C20H26N4O3S. The molecular weight excluding hydrogens is 376 g/mol. The Morgan fingerprint density at radius 1 is 1.18 bits per heavy atom. The molecule has 3 aromatic rings. The Kier molecular flexibility index (Phi) is 5.16. The highest BCUT2D eigenvalue weighted by Crippen LogP contribution is 2.43. The van der Waals surface area contributed by atoms with Crippen LogP contribution in [0.3, 0.4) is 0 Å². The summed E-state index contributed by atoms with van der Waals surface area (Å²) < 4.78 is 12.5. The monoisotopic (exact) mass is 402 g/mol. The van der Waals surface area contributed by atoms with Gasteiger partial charge in [-0.1, -0.05) is 24.3 Å². The third kappa shape index (κ3) is 3.31. The second kappa shape index (κ2) is 7.60. The number of benzene rings is 1. The third-order valence-corrected chi connectivity index (χ3v) is 6.53. The van der Waals surface area contributed by atoms with Gasteiger partial charge < -0.3 is 14.6 Å². The lowest BCUT2D eigenvalue weighted by Gasteiger charge is -2.36. The molecule has 28 heavy (non-hydrogen) atoms. The number of aromatic nitrogens is 3. The van der Waals surface area contributed by atoms with Gasteiger partial charge in [-0.3, -0.25) is 4.90 Å². The number of aryl methyl sites for hydroxylation is 1. The molecule has 1 atom stereocenters. The number of hydrogen-bond donors (Lipinski definition) is 1. The van der Waals surface area contributed by atoms with E-state index in [1.807, 2.05) is 25.1 Å². The van der Waals surface area contributed by atoms with E-state index in [-0.39, 0.29) is 11.9 Å². The average molecular weight is 403 g/mol. The SMILES string of the molecule is COc1ccc([C@H](c2sc3nc(C)nn3c2O)N2CCC(C)CC2)cc1OC. The van der Waals surface area contributed by atoms with E-state index in [2.05, 4.69) is 21.9 Å². The molecule has 0 amide bonds. The second-order valence-corrected chi connectivity index (χ2v) is 8.39. The molecule has 4 rings (SSSR count). The van der Waals surface area contributed by atoms with Crippen LogP contribution in [-0.2, 0) is 0 Å². The van der Waals surface area contributed by atoms with Crippen molar-refractivity contribution in [3.63, 3.8) is 0 Å². The smallest absolute Gasteiger partial charge is 0.230 e. The van der Waals surface area contributed by atoms with Crippen LogP contribution in [0.4, 0.5) is 0 Å². The van der Waals surface area contributed by atoms with Crippen LogP contribution < -0.4 is 9.47 Å². The molecule has 8 heteroatoms. The van der Waals surface area contributed by atoms with E-state index in [4.69, 9.17) is 9.47 Å². The first-order valence-electron chi connectivity index (χ1n) is 9.52. The molecule has 1 fully saturated rings. The van der Waals surface area contributed by atoms with Crippen molar-refractivity contribution in [3.8, 4) is 17.4 Å². The third-order valence-electron chi connectivity index (χ3n) is 5.46. The van der Waals surface area contributed by atoms with Gasteiger partial charge in [0.1, 0.15) is 5.82 Å². The van der Waals surface area contributed by atoms with Gasteiger partial charge in [0.2, 0.25) is 10.8 Å². The summed E-state index contributed by atoms with van der Waals surface area (Å²) in [6, 6.07) is 5.89. The maximum absolute atomic E-state index is 10.9. The molecule has 1 aromatic carbocycles. The Bertz CT molecular complexity index is 975. The van der Waals surface area contributed by atoms with Gasteiger partial charge in [0, 0.05) is 0 Å². The minimum atomic E-state index is -0.0823. The summed E-state index contributed by atoms with van der Waals surface area (Å²) in [6.07, 6.45) is 2.29. The molecule has 1 aliphatic heterocycles. The van der Waals surface area contributed by atoms with Gasteiger partial charge in [-0.2, -0.15) is 4.52 Å². The molecule has 1 saturated heterocycles. The second-order valence-electron chi connectivity index (χ2n) is 7.38. The number of hydrogen-bond acceptors (Lipinski definition) is 7. The number of piperidine rings is 1. The highest BCUT2D eigenvalue weighted by Gasteiger charge is 2.32. The van der Waals surface area contributed by atoms with Gasteiger partial charge in [0.25, 0.3) is 0 Å². The van der Waals surface area contributed by atoms with Crippen LogP contribution in [0.15, 0.2) is 18.2 Å². The lowest BCUT2D eigenvalue weighted by molar-refractivity contribution is 0.157. The van der Waals surface area contributed by atoms with Crippen molar-refractivity contribution in [2.45, 2.75) is 32.7 Å². The van der Waals surface area contributed by atoms with Crippen LogP contribution in [0.25, 0.3) is 4.96 Å². The predicted octanol–water partition coefficient (Wildman–Crippen LogP) is 3.64. The minimum Gasteiger partial charge on any atom is -0.493 e. The zero-order valence-electron chi connectivity index (χ0n) is 16.7. The Morgan fingerprint density at radius 3 is 2.54 bits per heavy atom. The molecule has 0 aliphatic carbocycles. The fraction of sp³-hybridized carbons (Fsp3) is 0.500. The maximum atomic E-state index is 10.9. The van der Waals surface area contributed by atoms with Gasteiger partial charge in [-0.15, -0.1) is 5.10 Å². The van der Waals surface area contributed by atoms with E-state index < -0.39 is 0 Å². The van der Waals surface area contributed by atoms with Crippen molar-refractivity contribution >= 4 is 16.3 Å². The molecule has 3 heterocycles. The van der Waals surface area contributed by atoms with Crippen molar-refractivity contribution in [2.75, 3.05) is 27.3 Å². The quantitative estimate of drug-likeness (QED) is 0.702. The molecule has 0 bridgehead atoms. The predicted molar refractivity (Wildman–Crippen MR) is 109 cm³/mol. The zero-order chi connectivity index (χ0) is 19.8. The number of ether oxygens (including phenoxy) is 2. The molecule has 7 nitrogen and oxygen atoms in total. The highest BCUT2D eigenvalue weighted by molar-refractivity contribution is 7.17. The summed E-state index contributed by atoms with van der Waals surface area (Å²) in [4.78, 5) is 8.43. The Labute approximate surface area is 168 Å². The summed E-state index contributed by atoms with van der Waals surface area (Å²) in [7, 11) is 3.28. The minimum absolute atomic E-state index is 0.0823. The van der Waals surface area contributed by atoms with Crippen molar-refractivity contribution < 1.29 is 14.6 Å². The van der Waals surface area contributed by atoms with Crippen LogP contribution >= 0.6 is 11.3 Å². The fourth-order valence-electron chi connectivity index (χ4n) is 3.86. The summed E-state index contributed by atoms with van der Waals surface area (Å²) in [5.41, 5.74) is 1.06. The number of likely N-dealkylation sites (tertiary alicyclic amines) is 1. The van der Waals surface area contributed by atoms with Crippen molar-refractivity contribution in [1.82, 2.24) is 19.5 Å². The highest BCUT2D eigenvalue weighted by atomic mass is 32.1. The standard InChI is InChI=1S/C20H26N4O3S/c1-12-7-9-23(10-8-12)17(14-5-6-15(26-3)16(11-14)27-4)18-19(25)24-20(28-18)21-13(2)22-24/h5-6,11-12,17,25H,7-10H2,1-4H3/t17-/m1/s1. The van der Waals surface area contributed by atoms with E-state index in [9.17, 15) is 5.11 Å². The summed E-state index contributed by atoms with van der Waals surface area (Å²) in [5, 5.41) is 15.3. The van der Waals surface area contributed by atoms with Crippen molar-refractivity contribution in [1.29, 1.82) is 0 Å². The number of thiazole rings is 1. The van der Waals surface area contributed by atoms with Crippen LogP contribution in [0.2, 0.25) is 0 Å². The van der Waals surface area contributed by atoms with Gasteiger partial charge in [-0.05, 0) is 56.5 Å². The van der Waals surface area contributed by atoms with E-state index in [0.717, 1.165) is 42.3 Å². The first-order chi connectivity index (χ1) is 13.5. The van der Waals surface area contributed by atoms with Crippen LogP contribution in [-0.4, -0.2) is 51.9 Å². The number of nitrogens with zero attached hydrogens (tertiary/aromatic N) is 4. The largest absolute Gasteiger partial charge is 0.493 e. The maximum Gasteiger partial charge on any atom is 0.230 e. The van der Waals surface area contributed by atoms with E-state index in [0.29, 0.717) is 22.3 Å². The first-order valence-corrected chi connectivity index (χ1v) is 10.3. The molecule has 1 N–H and O–H groups in total. The Morgan fingerprint density at radius 2 is 1.89 bits per heavy atom. The Hall–Kier alpha value is -2.32. The van der Waals surface area contributed by atoms with Crippen LogP contribution in [0.5, 0.6) is 17.4 Å². The topological polar surface area (TPSA) is 72.1 Å². The number of aromatic hydroxyl groups is 1. The number of fused-ring (bicyclic) bond motifs is 1. The number of rotatable bonds is 5. The fourth-order valence-corrected chi connectivity index (χ4v) is 5.03. The molecule has 2 aromatic heterocycles. The van der Waals surface area contributed by atoms with E-state index >= 15 is 0 Å². The van der Waals surface area contributed by atoms with Crippen molar-refractivity contribution in [3.05, 3.63) is 34.5 Å². The summed E-state index contributed by atoms with van der Waals surface area (Å²) in [5.74, 6) is 2.92. The normalized spacial score (nSPS) is 17.1. The number of methoxy groups -OCH3 is 2. The van der Waals surface area contributed by atoms with E-state index in [1.165, 1.54) is 15.9 Å². The van der Waals surface area contributed by atoms with Gasteiger partial charge in [-0.25, -0.2) is 4.98 Å². The molecule has 0 saturated carbocycles. The van der Waals surface area contributed by atoms with Gasteiger partial charge >= 0.3 is 0 Å². The first kappa shape index (κ1) is 19.0. The van der Waals surface area contributed by atoms with Gasteiger partial charge in [0.15, 0.2) is 11.5 Å². The molecule has 0 radical (unpaired) electrons. The lowest BCUT2D eigenvalue weighted by Crippen LogP contribution is -2.36. The Balaban J connectivity index is 1.81.